The lowest BCUT2D eigenvalue weighted by Gasteiger charge is -2.42. The molecular weight excluding hydrogens is 316 g/mol. The Morgan fingerprint density at radius 3 is 0.917 bits per heavy atom. The summed E-state index contributed by atoms with van der Waals surface area (Å²) < 4.78 is 0. The first kappa shape index (κ1) is 15.3. The first-order valence-electron chi connectivity index (χ1n) is 7.93. The van der Waals surface area contributed by atoms with Gasteiger partial charge in [0.2, 0.25) is 23.6 Å². The molecule has 4 atom stereocenters. The highest BCUT2D eigenvalue weighted by molar-refractivity contribution is 5.83. The summed E-state index contributed by atoms with van der Waals surface area (Å²) in [6.07, 6.45) is -3.14. The van der Waals surface area contributed by atoms with Crippen LogP contribution in [-0.2, 0) is 19.2 Å². The second kappa shape index (κ2) is 4.67. The zero-order chi connectivity index (χ0) is 17.5. The predicted molar refractivity (Wildman–Crippen MR) is 79.1 cm³/mol. The molecular formula is C14H20N6O4. The van der Waals surface area contributed by atoms with Crippen LogP contribution in [0.25, 0.3) is 0 Å². The standard InChI is InChI=1S/C14H20N6O4/c1-5(21)17-9-10-16-12-11(15-9)19(7(3)23)14(20(12)8(4)24)13(17)18(10)6(2)22/h9-16H,1-4H3/t9-,10-,11-,12-,13?,14?/m0/s1. The molecule has 2 N–H and O–H groups in total. The molecule has 5 fully saturated rings. The molecule has 130 valence electrons. The molecule has 10 heteroatoms. The number of hydrogen-bond donors (Lipinski definition) is 2. The van der Waals surface area contributed by atoms with E-state index < -0.39 is 37.0 Å². The maximum absolute atomic E-state index is 12.3. The Hall–Kier alpha value is -2.20. The van der Waals surface area contributed by atoms with Gasteiger partial charge in [-0.25, -0.2) is 0 Å². The van der Waals surface area contributed by atoms with Crippen LogP contribution in [0.4, 0.5) is 0 Å². The van der Waals surface area contributed by atoms with E-state index in [0.717, 1.165) is 0 Å². The number of carbonyl (C=O) groups excluding carboxylic acids is 4. The molecule has 10 nitrogen and oxygen atoms in total. The fourth-order valence-electron chi connectivity index (χ4n) is 4.67. The molecule has 5 aliphatic rings. The molecule has 0 unspecified atom stereocenters. The average molecular weight is 336 g/mol. The Morgan fingerprint density at radius 2 is 0.750 bits per heavy atom. The fraction of sp³-hybridized carbons (Fsp3) is 0.714. The summed E-state index contributed by atoms with van der Waals surface area (Å²) in [5, 5.41) is 6.58. The predicted octanol–water partition coefficient (Wildman–Crippen LogP) is -2.43. The molecule has 5 aliphatic heterocycles. The van der Waals surface area contributed by atoms with Crippen LogP contribution in [0.5, 0.6) is 0 Å². The van der Waals surface area contributed by atoms with Crippen LogP contribution in [0.1, 0.15) is 27.7 Å². The van der Waals surface area contributed by atoms with E-state index in [1.807, 2.05) is 0 Å². The van der Waals surface area contributed by atoms with Gasteiger partial charge in [-0.15, -0.1) is 0 Å². The summed E-state index contributed by atoms with van der Waals surface area (Å²) in [5.41, 5.74) is 0. The van der Waals surface area contributed by atoms with Crippen molar-refractivity contribution in [2.24, 2.45) is 0 Å². The van der Waals surface area contributed by atoms with E-state index in [9.17, 15) is 19.2 Å². The van der Waals surface area contributed by atoms with Crippen molar-refractivity contribution in [3.05, 3.63) is 0 Å². The summed E-state index contributed by atoms with van der Waals surface area (Å²) in [6, 6.07) is 0. The van der Waals surface area contributed by atoms with Crippen LogP contribution < -0.4 is 10.6 Å². The molecule has 0 saturated carbocycles. The van der Waals surface area contributed by atoms with Crippen LogP contribution in [0, 0.1) is 0 Å². The van der Waals surface area contributed by atoms with E-state index in [-0.39, 0.29) is 23.6 Å². The van der Waals surface area contributed by atoms with Crippen LogP contribution in [0.2, 0.25) is 0 Å². The maximum Gasteiger partial charge on any atom is 0.222 e. The summed E-state index contributed by atoms with van der Waals surface area (Å²) in [6.45, 7) is 5.71. The second-order valence-electron chi connectivity index (χ2n) is 6.65. The van der Waals surface area contributed by atoms with Crippen molar-refractivity contribution in [1.29, 1.82) is 0 Å². The SMILES string of the molecule is CC(=O)N1C2C3N(C(C)=O)[C@@H]4N[C@@H]1[C@@H](N[C@H]4N3C(C)=O)N2C(C)=O. The van der Waals surface area contributed by atoms with Crippen molar-refractivity contribution >= 4 is 23.6 Å². The summed E-state index contributed by atoms with van der Waals surface area (Å²) >= 11 is 0. The molecule has 6 bridgehead atoms. The summed E-state index contributed by atoms with van der Waals surface area (Å²) in [7, 11) is 0. The zero-order valence-electron chi connectivity index (χ0n) is 13.9. The van der Waals surface area contributed by atoms with Gasteiger partial charge in [0.25, 0.3) is 0 Å². The lowest BCUT2D eigenvalue weighted by Crippen LogP contribution is -2.73. The highest BCUT2D eigenvalue weighted by atomic mass is 16.2. The number of carbonyl (C=O) groups is 4. The van der Waals surface area contributed by atoms with Gasteiger partial charge >= 0.3 is 0 Å². The van der Waals surface area contributed by atoms with Crippen molar-refractivity contribution < 1.29 is 19.2 Å². The van der Waals surface area contributed by atoms with Crippen molar-refractivity contribution in [3.8, 4) is 0 Å². The largest absolute Gasteiger partial charge is 0.299 e. The topological polar surface area (TPSA) is 105 Å². The minimum absolute atomic E-state index is 0.217. The lowest BCUT2D eigenvalue weighted by atomic mass is 10.2. The highest BCUT2D eigenvalue weighted by Gasteiger charge is 2.69. The fourth-order valence-corrected chi connectivity index (χ4v) is 4.67. The maximum atomic E-state index is 12.3. The first-order chi connectivity index (χ1) is 11.3. The molecule has 0 aromatic heterocycles. The minimum atomic E-state index is -0.708. The van der Waals surface area contributed by atoms with Gasteiger partial charge < -0.3 is 0 Å². The van der Waals surface area contributed by atoms with Gasteiger partial charge in [-0.3, -0.25) is 49.4 Å². The van der Waals surface area contributed by atoms with Crippen molar-refractivity contribution in [3.63, 3.8) is 0 Å². The Morgan fingerprint density at radius 1 is 0.542 bits per heavy atom. The quantitative estimate of drug-likeness (QED) is 0.510. The monoisotopic (exact) mass is 336 g/mol. The molecule has 24 heavy (non-hydrogen) atoms. The normalized spacial score (nSPS) is 38.8. The highest BCUT2D eigenvalue weighted by Crippen LogP contribution is 2.43. The number of hydrogen-bond acceptors (Lipinski definition) is 6. The Bertz CT molecular complexity index is 560. The molecule has 0 aromatic carbocycles. The van der Waals surface area contributed by atoms with Gasteiger partial charge in [0, 0.05) is 27.7 Å². The smallest absolute Gasteiger partial charge is 0.222 e. The van der Waals surface area contributed by atoms with Gasteiger partial charge in [0.05, 0.1) is 0 Å². The average Bonchev–Trinajstić information content (AvgIpc) is 2.85. The third-order valence-corrected chi connectivity index (χ3v) is 5.34. The van der Waals surface area contributed by atoms with Gasteiger partial charge in [-0.2, -0.15) is 0 Å². The second-order valence-corrected chi connectivity index (χ2v) is 6.65. The zero-order valence-corrected chi connectivity index (χ0v) is 13.9. The van der Waals surface area contributed by atoms with Crippen LogP contribution in [0.15, 0.2) is 0 Å². The van der Waals surface area contributed by atoms with Crippen LogP contribution >= 0.6 is 0 Å². The number of nitrogens with zero attached hydrogens (tertiary/aromatic N) is 4. The Balaban J connectivity index is 1.93. The summed E-state index contributed by atoms with van der Waals surface area (Å²) in [5.74, 6) is -0.866. The molecule has 0 aromatic rings. The molecule has 5 saturated heterocycles. The van der Waals surface area contributed by atoms with Gasteiger partial charge in [0.1, 0.15) is 37.0 Å². The van der Waals surface area contributed by atoms with E-state index in [1.54, 1.807) is 19.6 Å². The van der Waals surface area contributed by atoms with Crippen molar-refractivity contribution in [2.75, 3.05) is 0 Å². The number of rotatable bonds is 0. The lowest BCUT2D eigenvalue weighted by molar-refractivity contribution is -0.152. The molecule has 0 aliphatic carbocycles. The number of nitrogens with one attached hydrogen (secondary N) is 2. The van der Waals surface area contributed by atoms with E-state index in [0.29, 0.717) is 0 Å². The molecule has 0 spiro atoms. The van der Waals surface area contributed by atoms with Gasteiger partial charge in [-0.1, -0.05) is 0 Å². The van der Waals surface area contributed by atoms with Gasteiger partial charge in [-0.05, 0) is 0 Å². The number of piperazine rings is 1. The van der Waals surface area contributed by atoms with Gasteiger partial charge in [0.15, 0.2) is 0 Å². The Kier molecular flexibility index (Phi) is 2.98. The molecule has 5 rings (SSSR count). The molecule has 4 amide bonds. The first-order valence-corrected chi connectivity index (χ1v) is 7.93. The van der Waals surface area contributed by atoms with E-state index in [2.05, 4.69) is 10.6 Å². The van der Waals surface area contributed by atoms with Crippen molar-refractivity contribution in [1.82, 2.24) is 30.2 Å². The van der Waals surface area contributed by atoms with E-state index in [1.165, 1.54) is 27.7 Å². The van der Waals surface area contributed by atoms with Crippen molar-refractivity contribution in [2.45, 2.75) is 64.7 Å². The summed E-state index contributed by atoms with van der Waals surface area (Å²) in [4.78, 5) is 55.4. The third kappa shape index (κ3) is 1.62. The minimum Gasteiger partial charge on any atom is -0.299 e. The van der Waals surface area contributed by atoms with E-state index >= 15 is 0 Å². The molecule has 0 radical (unpaired) electrons. The van der Waals surface area contributed by atoms with E-state index in [4.69, 9.17) is 0 Å². The molecule has 5 heterocycles. The third-order valence-electron chi connectivity index (χ3n) is 5.34. The Labute approximate surface area is 138 Å². The van der Waals surface area contributed by atoms with Crippen LogP contribution in [0.3, 0.4) is 0 Å². The number of amides is 4. The van der Waals surface area contributed by atoms with Crippen LogP contribution in [-0.4, -0.2) is 80.2 Å².